The van der Waals surface area contributed by atoms with Gasteiger partial charge in [0.15, 0.2) is 0 Å². The zero-order valence-corrected chi connectivity index (χ0v) is 9.78. The van der Waals surface area contributed by atoms with Crippen molar-refractivity contribution in [1.29, 1.82) is 0 Å². The summed E-state index contributed by atoms with van der Waals surface area (Å²) in [4.78, 5) is 4.43. The van der Waals surface area contributed by atoms with Crippen molar-refractivity contribution in [2.75, 3.05) is 0 Å². The molecule has 0 heterocycles. The average molecular weight is 230 g/mol. The van der Waals surface area contributed by atoms with Gasteiger partial charge in [0.25, 0.3) is 0 Å². The van der Waals surface area contributed by atoms with Crippen molar-refractivity contribution in [3.05, 3.63) is 64.7 Å². The summed E-state index contributed by atoms with van der Waals surface area (Å²) in [7, 11) is 0. The summed E-state index contributed by atoms with van der Waals surface area (Å²) < 4.78 is 0. The average Bonchev–Trinajstić information content (AvgIpc) is 2.32. The second kappa shape index (κ2) is 4.95. The lowest BCUT2D eigenvalue weighted by Crippen LogP contribution is -1.80. The first-order valence-corrected chi connectivity index (χ1v) is 5.49. The van der Waals surface area contributed by atoms with Crippen LogP contribution in [0.2, 0.25) is 5.02 Å². The lowest BCUT2D eigenvalue weighted by atomic mass is 10.2. The van der Waals surface area contributed by atoms with Gasteiger partial charge in [0.2, 0.25) is 0 Å². The van der Waals surface area contributed by atoms with E-state index in [1.165, 1.54) is 0 Å². The van der Waals surface area contributed by atoms with Crippen LogP contribution in [-0.4, -0.2) is 6.21 Å². The predicted octanol–water partition coefficient (Wildman–Crippen LogP) is 4.40. The quantitative estimate of drug-likeness (QED) is 0.677. The van der Waals surface area contributed by atoms with Crippen LogP contribution in [0.3, 0.4) is 0 Å². The highest BCUT2D eigenvalue weighted by Crippen LogP contribution is 2.25. The van der Waals surface area contributed by atoms with Gasteiger partial charge in [-0.2, -0.15) is 0 Å². The first-order valence-electron chi connectivity index (χ1n) is 5.11. The van der Waals surface area contributed by atoms with E-state index in [2.05, 4.69) is 4.99 Å². The van der Waals surface area contributed by atoms with Crippen molar-refractivity contribution in [3.8, 4) is 0 Å². The molecule has 2 aromatic rings. The highest BCUT2D eigenvalue weighted by atomic mass is 35.5. The molecule has 0 amide bonds. The molecule has 80 valence electrons. The number of aliphatic imine (C=N–C) groups is 1. The van der Waals surface area contributed by atoms with E-state index >= 15 is 0 Å². The number of benzene rings is 2. The Hall–Kier alpha value is -1.60. The van der Waals surface area contributed by atoms with Gasteiger partial charge in [-0.15, -0.1) is 0 Å². The molecule has 0 aromatic heterocycles. The topological polar surface area (TPSA) is 12.4 Å². The van der Waals surface area contributed by atoms with E-state index in [-0.39, 0.29) is 0 Å². The van der Waals surface area contributed by atoms with Crippen LogP contribution in [0.5, 0.6) is 0 Å². The van der Waals surface area contributed by atoms with Crippen LogP contribution >= 0.6 is 11.6 Å². The molecule has 1 nitrogen and oxygen atoms in total. The maximum atomic E-state index is 6.02. The molecule has 0 bridgehead atoms. The molecular formula is C14H12ClN. The van der Waals surface area contributed by atoms with E-state index in [0.29, 0.717) is 0 Å². The third kappa shape index (κ3) is 2.50. The van der Waals surface area contributed by atoms with E-state index in [9.17, 15) is 0 Å². The second-order valence-corrected chi connectivity index (χ2v) is 3.96. The van der Waals surface area contributed by atoms with Crippen molar-refractivity contribution in [1.82, 2.24) is 0 Å². The fourth-order valence-electron chi connectivity index (χ4n) is 1.42. The van der Waals surface area contributed by atoms with Gasteiger partial charge in [0.1, 0.15) is 0 Å². The SMILES string of the molecule is Cc1c(Cl)cccc1N=Cc1ccccc1. The molecule has 0 spiro atoms. The molecule has 2 aromatic carbocycles. The standard InChI is InChI=1S/C14H12ClN/c1-11-13(15)8-5-9-14(11)16-10-12-6-3-2-4-7-12/h2-10H,1H3. The van der Waals surface area contributed by atoms with Crippen molar-refractivity contribution in [2.24, 2.45) is 4.99 Å². The molecule has 2 heteroatoms. The Morgan fingerprint density at radius 3 is 2.50 bits per heavy atom. The van der Waals surface area contributed by atoms with Crippen LogP contribution < -0.4 is 0 Å². The summed E-state index contributed by atoms with van der Waals surface area (Å²) in [5, 5.41) is 0.753. The summed E-state index contributed by atoms with van der Waals surface area (Å²) in [6, 6.07) is 15.7. The van der Waals surface area contributed by atoms with Gasteiger partial charge in [-0.25, -0.2) is 0 Å². The Bertz CT molecular complexity index is 503. The number of halogens is 1. The molecule has 0 N–H and O–H groups in total. The second-order valence-electron chi connectivity index (χ2n) is 3.55. The van der Waals surface area contributed by atoms with E-state index in [1.807, 2.05) is 61.7 Å². The van der Waals surface area contributed by atoms with E-state index in [1.54, 1.807) is 0 Å². The monoisotopic (exact) mass is 229 g/mol. The molecule has 0 aliphatic carbocycles. The Labute approximate surface area is 100 Å². The van der Waals surface area contributed by atoms with Crippen LogP contribution in [0.1, 0.15) is 11.1 Å². The van der Waals surface area contributed by atoms with Crippen molar-refractivity contribution in [2.45, 2.75) is 6.92 Å². The van der Waals surface area contributed by atoms with Crippen LogP contribution in [0.4, 0.5) is 5.69 Å². The Balaban J connectivity index is 2.28. The zero-order valence-electron chi connectivity index (χ0n) is 9.02. The van der Waals surface area contributed by atoms with E-state index in [4.69, 9.17) is 11.6 Å². The van der Waals surface area contributed by atoms with Gasteiger partial charge in [0.05, 0.1) is 5.69 Å². The maximum Gasteiger partial charge on any atom is 0.0673 e. The van der Waals surface area contributed by atoms with E-state index < -0.39 is 0 Å². The van der Waals surface area contributed by atoms with Crippen molar-refractivity contribution in [3.63, 3.8) is 0 Å². The van der Waals surface area contributed by atoms with Gasteiger partial charge in [-0.3, -0.25) is 4.99 Å². The molecule has 2 rings (SSSR count). The van der Waals surface area contributed by atoms with Gasteiger partial charge in [0, 0.05) is 11.2 Å². The van der Waals surface area contributed by atoms with Gasteiger partial charge in [-0.05, 0) is 30.2 Å². The molecule has 0 unspecified atom stereocenters. The highest BCUT2D eigenvalue weighted by Gasteiger charge is 1.98. The van der Waals surface area contributed by atoms with Crippen LogP contribution in [-0.2, 0) is 0 Å². The third-order valence-electron chi connectivity index (χ3n) is 2.39. The molecule has 0 fully saturated rings. The van der Waals surface area contributed by atoms with Crippen LogP contribution in [0.25, 0.3) is 0 Å². The minimum absolute atomic E-state index is 0.753. The number of hydrogen-bond acceptors (Lipinski definition) is 1. The molecule has 16 heavy (non-hydrogen) atoms. The number of rotatable bonds is 2. The summed E-state index contributed by atoms with van der Waals surface area (Å²) >= 11 is 6.02. The van der Waals surface area contributed by atoms with Gasteiger partial charge in [-0.1, -0.05) is 48.0 Å². The summed E-state index contributed by atoms with van der Waals surface area (Å²) in [6.07, 6.45) is 1.85. The smallest absolute Gasteiger partial charge is 0.0673 e. The largest absolute Gasteiger partial charge is 0.256 e. The highest BCUT2D eigenvalue weighted by molar-refractivity contribution is 6.31. The molecule has 0 saturated carbocycles. The molecular weight excluding hydrogens is 218 g/mol. The van der Waals surface area contributed by atoms with Gasteiger partial charge >= 0.3 is 0 Å². The normalized spacial score (nSPS) is 10.9. The first-order chi connectivity index (χ1) is 7.77. The van der Waals surface area contributed by atoms with Gasteiger partial charge < -0.3 is 0 Å². The van der Waals surface area contributed by atoms with Crippen LogP contribution in [0.15, 0.2) is 53.5 Å². The minimum atomic E-state index is 0.753. The Kier molecular flexibility index (Phi) is 3.37. The predicted molar refractivity (Wildman–Crippen MR) is 69.9 cm³/mol. The van der Waals surface area contributed by atoms with Crippen molar-refractivity contribution >= 4 is 23.5 Å². The Morgan fingerprint density at radius 2 is 1.75 bits per heavy atom. The number of nitrogens with zero attached hydrogens (tertiary/aromatic N) is 1. The number of hydrogen-bond donors (Lipinski definition) is 0. The Morgan fingerprint density at radius 1 is 1.00 bits per heavy atom. The molecule has 0 aliphatic heterocycles. The van der Waals surface area contributed by atoms with Crippen molar-refractivity contribution < 1.29 is 0 Å². The third-order valence-corrected chi connectivity index (χ3v) is 2.80. The maximum absolute atomic E-state index is 6.02. The zero-order chi connectivity index (χ0) is 11.4. The molecule has 0 aliphatic rings. The summed E-state index contributed by atoms with van der Waals surface area (Å²) in [6.45, 7) is 1.97. The molecule has 0 saturated heterocycles. The van der Waals surface area contributed by atoms with E-state index in [0.717, 1.165) is 21.8 Å². The lowest BCUT2D eigenvalue weighted by molar-refractivity contribution is 1.40. The minimum Gasteiger partial charge on any atom is -0.256 e. The molecule has 0 radical (unpaired) electrons. The summed E-state index contributed by atoms with van der Waals surface area (Å²) in [5.74, 6) is 0. The lowest BCUT2D eigenvalue weighted by Gasteiger charge is -2.01. The fraction of sp³-hybridized carbons (Fsp3) is 0.0714. The molecule has 0 atom stereocenters. The first kappa shape index (κ1) is 10.9. The fourth-order valence-corrected chi connectivity index (χ4v) is 1.59. The summed E-state index contributed by atoms with van der Waals surface area (Å²) in [5.41, 5.74) is 3.01. The van der Waals surface area contributed by atoms with Crippen LogP contribution in [0, 0.1) is 6.92 Å².